The molecule has 55 heavy (non-hydrogen) atoms. The van der Waals surface area contributed by atoms with E-state index in [4.69, 9.17) is 9.47 Å². The van der Waals surface area contributed by atoms with Crippen molar-refractivity contribution in [1.82, 2.24) is 0 Å². The number of hydrogen-bond donors (Lipinski definition) is 0. The zero-order chi connectivity index (χ0) is 40.3. The smallest absolute Gasteiger partial charge is 0.454 e. The van der Waals surface area contributed by atoms with Gasteiger partial charge in [-0.25, -0.2) is 9.59 Å². The number of rotatable bonds is 30. The molecule has 0 N–H and O–H groups in total. The van der Waals surface area contributed by atoms with Gasteiger partial charge in [0.2, 0.25) is 0 Å². The summed E-state index contributed by atoms with van der Waals surface area (Å²) in [6.45, 7) is 13.5. The van der Waals surface area contributed by atoms with Gasteiger partial charge in [-0.15, -0.1) is 0 Å². The Hall–Kier alpha value is -4.14. The largest absolute Gasteiger partial charge is 0.462 e. The highest BCUT2D eigenvalue weighted by Crippen LogP contribution is 2.23. The van der Waals surface area contributed by atoms with Crippen molar-refractivity contribution in [2.24, 2.45) is 0 Å². The van der Waals surface area contributed by atoms with Crippen molar-refractivity contribution < 1.29 is 37.0 Å². The quantitative estimate of drug-likeness (QED) is 0.0259. The molecule has 9 heteroatoms. The Balaban J connectivity index is 1.77. The van der Waals surface area contributed by atoms with Crippen molar-refractivity contribution in [2.75, 3.05) is 31.2 Å². The lowest BCUT2D eigenvalue weighted by Gasteiger charge is -2.25. The average molecular weight is 768 g/mol. The maximum Gasteiger partial charge on any atom is 0.454 e. The summed E-state index contributed by atoms with van der Waals surface area (Å²) in [6, 6.07) is 13.9. The summed E-state index contributed by atoms with van der Waals surface area (Å²) in [7, 11) is 0. The minimum Gasteiger partial charge on any atom is -0.462 e. The molecular formula is C46H64F3NO5. The average Bonchev–Trinajstić information content (AvgIpc) is 3.16. The number of alkyl halides is 3. The Morgan fingerprint density at radius 3 is 1.22 bits per heavy atom. The molecule has 0 fully saturated rings. The lowest BCUT2D eigenvalue weighted by Crippen LogP contribution is -2.25. The van der Waals surface area contributed by atoms with E-state index in [1.807, 2.05) is 12.2 Å². The molecule has 2 rings (SSSR count). The molecule has 6 nitrogen and oxygen atoms in total. The molecule has 0 radical (unpaired) electrons. The molecule has 0 aromatic heterocycles. The second kappa shape index (κ2) is 27.4. The van der Waals surface area contributed by atoms with Gasteiger partial charge in [-0.1, -0.05) is 152 Å². The van der Waals surface area contributed by atoms with E-state index in [0.29, 0.717) is 29.9 Å². The van der Waals surface area contributed by atoms with Crippen LogP contribution >= 0.6 is 0 Å². The van der Waals surface area contributed by atoms with Crippen molar-refractivity contribution in [3.05, 3.63) is 89.5 Å². The van der Waals surface area contributed by atoms with Gasteiger partial charge in [0.05, 0.1) is 13.2 Å². The van der Waals surface area contributed by atoms with Crippen molar-refractivity contribution in [1.29, 1.82) is 0 Å². The number of nitrogens with zero attached hydrogens (tertiary/aromatic N) is 1. The molecule has 0 aliphatic heterocycles. The number of unbranched alkanes of at least 4 members (excludes halogenated alkanes) is 16. The zero-order valence-corrected chi connectivity index (χ0v) is 33.4. The minimum atomic E-state index is -4.88. The highest BCUT2D eigenvalue weighted by atomic mass is 19.4. The van der Waals surface area contributed by atoms with E-state index in [1.165, 1.54) is 94.2 Å². The number of Topliss-reactive ketones (excluding diaryl/α,β-unsaturated/α-hetero) is 1. The molecule has 0 unspecified atom stereocenters. The van der Waals surface area contributed by atoms with Gasteiger partial charge in [0.15, 0.2) is 0 Å². The van der Waals surface area contributed by atoms with E-state index in [9.17, 15) is 27.6 Å². The molecule has 0 aliphatic rings. The van der Waals surface area contributed by atoms with Gasteiger partial charge < -0.3 is 14.4 Å². The lowest BCUT2D eigenvalue weighted by atomic mass is 10.1. The van der Waals surface area contributed by atoms with Crippen LogP contribution in [0, 0.1) is 0 Å². The number of ketones is 1. The van der Waals surface area contributed by atoms with E-state index < -0.39 is 12.0 Å². The number of esters is 2. The monoisotopic (exact) mass is 767 g/mol. The SMILES string of the molecule is C=C(C)C(=O)OCCCCCCCCCCCN(CCCCCCCCCCCOC(=O)C(=C)C)c1ccc(/C=C/c2ccc(C(=O)C(F)(F)F)cc2)cc1. The van der Waals surface area contributed by atoms with Crippen LogP contribution in [-0.2, 0) is 19.1 Å². The van der Waals surface area contributed by atoms with E-state index in [-0.39, 0.29) is 17.5 Å². The molecule has 304 valence electrons. The summed E-state index contributed by atoms with van der Waals surface area (Å²) in [5, 5.41) is 0. The molecule has 0 bridgehead atoms. The van der Waals surface area contributed by atoms with Crippen molar-refractivity contribution in [2.45, 2.75) is 136 Å². The summed E-state index contributed by atoms with van der Waals surface area (Å²) >= 11 is 0. The molecule has 0 atom stereocenters. The molecule has 0 amide bonds. The van der Waals surface area contributed by atoms with E-state index in [0.717, 1.165) is 70.0 Å². The number of carbonyl (C=O) groups excluding carboxylic acids is 3. The van der Waals surface area contributed by atoms with Crippen molar-refractivity contribution in [3.8, 4) is 0 Å². The third-order valence-electron chi connectivity index (χ3n) is 9.46. The first-order valence-corrected chi connectivity index (χ1v) is 20.3. The van der Waals surface area contributed by atoms with Gasteiger partial charge in [-0.3, -0.25) is 4.79 Å². The molecule has 0 saturated carbocycles. The van der Waals surface area contributed by atoms with Crippen LogP contribution in [0.5, 0.6) is 0 Å². The van der Waals surface area contributed by atoms with Crippen LogP contribution < -0.4 is 4.90 Å². The van der Waals surface area contributed by atoms with Gasteiger partial charge in [0.25, 0.3) is 5.78 Å². The van der Waals surface area contributed by atoms with Crippen LogP contribution in [0.3, 0.4) is 0 Å². The third kappa shape index (κ3) is 21.5. The number of halogens is 3. The number of benzene rings is 2. The molecular weight excluding hydrogens is 704 g/mol. The van der Waals surface area contributed by atoms with Crippen LogP contribution in [-0.4, -0.2) is 50.2 Å². The van der Waals surface area contributed by atoms with Crippen molar-refractivity contribution >= 4 is 35.6 Å². The van der Waals surface area contributed by atoms with Gasteiger partial charge in [-0.05, 0) is 62.8 Å². The van der Waals surface area contributed by atoms with Gasteiger partial charge in [0.1, 0.15) is 0 Å². The standard InChI is InChI=1S/C46H64F3NO5/c1-37(2)44(52)54-35-21-17-13-9-5-7-11-15-19-33-50(34-20-16-12-8-6-10-14-18-22-36-55-45(53)38(3)4)42-31-27-40(28-32-42)24-23-39-25-29-41(30-26-39)43(51)46(47,48)49/h23-32H,1,3,5-22,33-36H2,2,4H3/b24-23+. The van der Waals surface area contributed by atoms with Crippen LogP contribution in [0.1, 0.15) is 151 Å². The van der Waals surface area contributed by atoms with E-state index in [2.05, 4.69) is 42.3 Å². The van der Waals surface area contributed by atoms with Crippen molar-refractivity contribution in [3.63, 3.8) is 0 Å². The summed E-state index contributed by atoms with van der Waals surface area (Å²) in [4.78, 5) is 36.9. The highest BCUT2D eigenvalue weighted by Gasteiger charge is 2.39. The molecule has 0 aliphatic carbocycles. The second-order valence-corrected chi connectivity index (χ2v) is 14.6. The van der Waals surface area contributed by atoms with Crippen LogP contribution in [0.25, 0.3) is 12.2 Å². The number of hydrogen-bond acceptors (Lipinski definition) is 6. The summed E-state index contributed by atoms with van der Waals surface area (Å²) in [5.41, 5.74) is 3.41. The third-order valence-corrected chi connectivity index (χ3v) is 9.46. The fourth-order valence-corrected chi connectivity index (χ4v) is 6.13. The maximum atomic E-state index is 12.7. The Morgan fingerprint density at radius 1 is 0.545 bits per heavy atom. The summed E-state index contributed by atoms with van der Waals surface area (Å²) < 4.78 is 48.5. The summed E-state index contributed by atoms with van der Waals surface area (Å²) in [5.74, 6) is -2.45. The number of anilines is 1. The van der Waals surface area contributed by atoms with Gasteiger partial charge in [-0.2, -0.15) is 13.2 Å². The minimum absolute atomic E-state index is 0.308. The number of ether oxygens (including phenoxy) is 2. The van der Waals surface area contributed by atoms with Gasteiger partial charge in [0, 0.05) is 35.5 Å². The fourth-order valence-electron chi connectivity index (χ4n) is 6.13. The first-order valence-electron chi connectivity index (χ1n) is 20.3. The second-order valence-electron chi connectivity index (χ2n) is 14.6. The zero-order valence-electron chi connectivity index (χ0n) is 33.4. The Kier molecular flexibility index (Phi) is 23.5. The fraction of sp³-hybridized carbons (Fsp3) is 0.543. The molecule has 0 spiro atoms. The Labute approximate surface area is 328 Å². The Bertz CT molecular complexity index is 1410. The molecule has 2 aromatic carbocycles. The first kappa shape index (κ1) is 47.0. The maximum absolute atomic E-state index is 12.7. The van der Waals surface area contributed by atoms with E-state index in [1.54, 1.807) is 13.8 Å². The van der Waals surface area contributed by atoms with Crippen LogP contribution in [0.4, 0.5) is 18.9 Å². The van der Waals surface area contributed by atoms with Crippen LogP contribution in [0.2, 0.25) is 0 Å². The molecule has 0 heterocycles. The van der Waals surface area contributed by atoms with Gasteiger partial charge >= 0.3 is 18.1 Å². The lowest BCUT2D eigenvalue weighted by molar-refractivity contribution is -0.139. The number of carbonyl (C=O) groups is 3. The first-order chi connectivity index (χ1) is 26.4. The molecule has 2 aromatic rings. The Morgan fingerprint density at radius 2 is 0.873 bits per heavy atom. The molecule has 0 saturated heterocycles. The van der Waals surface area contributed by atoms with Crippen LogP contribution in [0.15, 0.2) is 72.8 Å². The highest BCUT2D eigenvalue weighted by molar-refractivity contribution is 6.00. The normalized spacial score (nSPS) is 11.4. The predicted molar refractivity (Wildman–Crippen MR) is 219 cm³/mol. The predicted octanol–water partition coefficient (Wildman–Crippen LogP) is 12.7. The summed E-state index contributed by atoms with van der Waals surface area (Å²) in [6.07, 6.45) is 19.6. The topological polar surface area (TPSA) is 72.9 Å². The van der Waals surface area contributed by atoms with E-state index >= 15 is 0 Å².